The summed E-state index contributed by atoms with van der Waals surface area (Å²) < 4.78 is 30.6. The van der Waals surface area contributed by atoms with E-state index in [1.165, 1.54) is 4.31 Å². The first-order valence-corrected chi connectivity index (χ1v) is 8.05. The molecule has 0 aromatic rings. The predicted octanol–water partition coefficient (Wildman–Crippen LogP) is -1.16. The Bertz CT molecular complexity index is 399. The Kier molecular flexibility index (Phi) is 6.18. The van der Waals surface area contributed by atoms with Crippen LogP contribution in [0.4, 0.5) is 0 Å². The standard InChI is InChI=1S/C11H23N3O4S/c1-3-18-11(15)4-7-19(16,17)14-6-5-13(2)9-10(14)8-12/h10H,3-9,12H2,1-2H3. The van der Waals surface area contributed by atoms with Gasteiger partial charge in [-0.1, -0.05) is 0 Å². The molecule has 0 bridgehead atoms. The number of sulfonamides is 1. The van der Waals surface area contributed by atoms with Crippen LogP contribution in [0.3, 0.4) is 0 Å². The maximum Gasteiger partial charge on any atom is 0.306 e. The normalized spacial score (nSPS) is 22.4. The second-order valence-electron chi connectivity index (χ2n) is 4.63. The number of esters is 1. The van der Waals surface area contributed by atoms with Crippen molar-refractivity contribution in [2.24, 2.45) is 5.73 Å². The number of piperazine rings is 1. The highest BCUT2D eigenvalue weighted by atomic mass is 32.2. The van der Waals surface area contributed by atoms with Crippen LogP contribution in [0, 0.1) is 0 Å². The maximum absolute atomic E-state index is 12.2. The third kappa shape index (κ3) is 4.72. The van der Waals surface area contributed by atoms with Crippen LogP contribution in [-0.2, 0) is 19.6 Å². The Labute approximate surface area is 114 Å². The van der Waals surface area contributed by atoms with Gasteiger partial charge in [0, 0.05) is 32.2 Å². The summed E-state index contributed by atoms with van der Waals surface area (Å²) >= 11 is 0. The van der Waals surface area contributed by atoms with Gasteiger partial charge in [-0.2, -0.15) is 4.31 Å². The molecule has 0 spiro atoms. The highest BCUT2D eigenvalue weighted by Crippen LogP contribution is 2.14. The molecule has 1 heterocycles. The third-order valence-electron chi connectivity index (χ3n) is 3.13. The average molecular weight is 293 g/mol. The molecule has 7 nitrogen and oxygen atoms in total. The van der Waals surface area contributed by atoms with Gasteiger partial charge in [0.25, 0.3) is 0 Å². The quantitative estimate of drug-likeness (QED) is 0.621. The van der Waals surface area contributed by atoms with Crippen molar-refractivity contribution >= 4 is 16.0 Å². The second-order valence-corrected chi connectivity index (χ2v) is 6.67. The lowest BCUT2D eigenvalue weighted by Crippen LogP contribution is -2.57. The molecule has 1 rings (SSSR count). The summed E-state index contributed by atoms with van der Waals surface area (Å²) in [6.45, 7) is 3.95. The number of nitrogens with zero attached hydrogens (tertiary/aromatic N) is 2. The van der Waals surface area contributed by atoms with Crippen LogP contribution >= 0.6 is 0 Å². The molecule has 1 saturated heterocycles. The van der Waals surface area contributed by atoms with Gasteiger partial charge in [-0.05, 0) is 14.0 Å². The summed E-state index contributed by atoms with van der Waals surface area (Å²) in [5, 5.41) is 0. The van der Waals surface area contributed by atoms with Gasteiger partial charge < -0.3 is 15.4 Å². The minimum atomic E-state index is -3.46. The van der Waals surface area contributed by atoms with E-state index in [0.29, 0.717) is 19.6 Å². The molecular formula is C11H23N3O4S. The van der Waals surface area contributed by atoms with Crippen molar-refractivity contribution in [3.05, 3.63) is 0 Å². The van der Waals surface area contributed by atoms with Gasteiger partial charge in [-0.3, -0.25) is 4.79 Å². The molecular weight excluding hydrogens is 270 g/mol. The fraction of sp³-hybridized carbons (Fsp3) is 0.909. The monoisotopic (exact) mass is 293 g/mol. The lowest BCUT2D eigenvalue weighted by molar-refractivity contribution is -0.142. The van der Waals surface area contributed by atoms with E-state index < -0.39 is 16.0 Å². The van der Waals surface area contributed by atoms with E-state index in [0.717, 1.165) is 0 Å². The van der Waals surface area contributed by atoms with E-state index in [4.69, 9.17) is 10.5 Å². The van der Waals surface area contributed by atoms with Crippen LogP contribution in [-0.4, -0.2) is 75.2 Å². The molecule has 0 amide bonds. The van der Waals surface area contributed by atoms with Gasteiger partial charge in [-0.25, -0.2) is 8.42 Å². The van der Waals surface area contributed by atoms with Crippen LogP contribution < -0.4 is 5.73 Å². The summed E-state index contributed by atoms with van der Waals surface area (Å²) in [6.07, 6.45) is -0.111. The molecule has 112 valence electrons. The van der Waals surface area contributed by atoms with E-state index in [1.54, 1.807) is 6.92 Å². The minimum Gasteiger partial charge on any atom is -0.466 e. The van der Waals surface area contributed by atoms with Gasteiger partial charge in [0.15, 0.2) is 0 Å². The number of likely N-dealkylation sites (N-methyl/N-ethyl adjacent to an activating group) is 1. The first-order valence-electron chi connectivity index (χ1n) is 6.44. The summed E-state index contributed by atoms with van der Waals surface area (Å²) in [6, 6.07) is -0.217. The van der Waals surface area contributed by atoms with Gasteiger partial charge >= 0.3 is 5.97 Å². The Morgan fingerprint density at radius 3 is 2.68 bits per heavy atom. The van der Waals surface area contributed by atoms with E-state index in [-0.39, 0.29) is 31.4 Å². The van der Waals surface area contributed by atoms with Gasteiger partial charge in [0.1, 0.15) is 0 Å². The maximum atomic E-state index is 12.2. The molecule has 2 N–H and O–H groups in total. The lowest BCUT2D eigenvalue weighted by atomic mass is 10.2. The first-order chi connectivity index (χ1) is 8.90. The summed E-state index contributed by atoms with van der Waals surface area (Å²) in [7, 11) is -1.52. The Morgan fingerprint density at radius 2 is 2.11 bits per heavy atom. The molecule has 1 unspecified atom stereocenters. The average Bonchev–Trinajstić information content (AvgIpc) is 2.36. The third-order valence-corrected chi connectivity index (χ3v) is 5.05. The number of carbonyl (C=O) groups excluding carboxylic acids is 1. The van der Waals surface area contributed by atoms with Gasteiger partial charge in [0.2, 0.25) is 10.0 Å². The highest BCUT2D eigenvalue weighted by molar-refractivity contribution is 7.89. The summed E-state index contributed by atoms with van der Waals surface area (Å²) in [5.74, 6) is -0.698. The fourth-order valence-electron chi connectivity index (χ4n) is 2.12. The van der Waals surface area contributed by atoms with Gasteiger partial charge in [0.05, 0.1) is 18.8 Å². The SMILES string of the molecule is CCOC(=O)CCS(=O)(=O)N1CCN(C)CC1CN. The van der Waals surface area contributed by atoms with Crippen LogP contribution in [0.1, 0.15) is 13.3 Å². The first kappa shape index (κ1) is 16.4. The Morgan fingerprint density at radius 1 is 1.42 bits per heavy atom. The number of nitrogens with two attached hydrogens (primary N) is 1. The number of hydrogen-bond donors (Lipinski definition) is 1. The minimum absolute atomic E-state index is 0.111. The number of ether oxygens (including phenoxy) is 1. The predicted molar refractivity (Wildman–Crippen MR) is 72.1 cm³/mol. The van der Waals surface area contributed by atoms with Crippen molar-refractivity contribution in [1.82, 2.24) is 9.21 Å². The number of hydrogen-bond acceptors (Lipinski definition) is 6. The van der Waals surface area contributed by atoms with Crippen molar-refractivity contribution in [2.75, 3.05) is 45.6 Å². The summed E-state index contributed by atoms with van der Waals surface area (Å²) in [5.41, 5.74) is 5.63. The largest absolute Gasteiger partial charge is 0.466 e. The fourth-order valence-corrected chi connectivity index (χ4v) is 3.74. The number of carbonyl (C=O) groups is 1. The molecule has 0 aliphatic carbocycles. The van der Waals surface area contributed by atoms with E-state index in [1.807, 2.05) is 7.05 Å². The van der Waals surface area contributed by atoms with Crippen molar-refractivity contribution < 1.29 is 17.9 Å². The van der Waals surface area contributed by atoms with Crippen LogP contribution in [0.25, 0.3) is 0 Å². The second kappa shape index (κ2) is 7.18. The molecule has 0 aromatic carbocycles. The van der Waals surface area contributed by atoms with Crippen molar-refractivity contribution in [1.29, 1.82) is 0 Å². The number of rotatable bonds is 6. The molecule has 1 aliphatic rings. The van der Waals surface area contributed by atoms with Crippen LogP contribution in [0.15, 0.2) is 0 Å². The zero-order valence-electron chi connectivity index (χ0n) is 11.5. The van der Waals surface area contributed by atoms with Crippen LogP contribution in [0.2, 0.25) is 0 Å². The molecule has 1 aliphatic heterocycles. The van der Waals surface area contributed by atoms with Crippen molar-refractivity contribution in [3.63, 3.8) is 0 Å². The Hall–Kier alpha value is -0.700. The smallest absolute Gasteiger partial charge is 0.306 e. The van der Waals surface area contributed by atoms with Crippen molar-refractivity contribution in [3.8, 4) is 0 Å². The molecule has 0 radical (unpaired) electrons. The molecule has 19 heavy (non-hydrogen) atoms. The van der Waals surface area contributed by atoms with E-state index in [9.17, 15) is 13.2 Å². The topological polar surface area (TPSA) is 92.9 Å². The molecule has 0 saturated carbocycles. The van der Waals surface area contributed by atoms with Crippen molar-refractivity contribution in [2.45, 2.75) is 19.4 Å². The Balaban J connectivity index is 2.62. The van der Waals surface area contributed by atoms with Gasteiger partial charge in [-0.15, -0.1) is 0 Å². The zero-order chi connectivity index (χ0) is 14.5. The molecule has 8 heteroatoms. The zero-order valence-corrected chi connectivity index (χ0v) is 12.4. The lowest BCUT2D eigenvalue weighted by Gasteiger charge is -2.38. The molecule has 1 fully saturated rings. The molecule has 0 aromatic heterocycles. The summed E-state index contributed by atoms with van der Waals surface area (Å²) in [4.78, 5) is 13.3. The van der Waals surface area contributed by atoms with E-state index >= 15 is 0 Å². The van der Waals surface area contributed by atoms with E-state index in [2.05, 4.69) is 4.90 Å². The van der Waals surface area contributed by atoms with Crippen LogP contribution in [0.5, 0.6) is 0 Å². The molecule has 1 atom stereocenters. The highest BCUT2D eigenvalue weighted by Gasteiger charge is 2.33.